The van der Waals surface area contributed by atoms with Crippen molar-refractivity contribution in [3.63, 3.8) is 0 Å². The van der Waals surface area contributed by atoms with Gasteiger partial charge in [-0.05, 0) is 69.9 Å². The lowest BCUT2D eigenvalue weighted by molar-refractivity contribution is -0.183. The van der Waals surface area contributed by atoms with Gasteiger partial charge in [-0.1, -0.05) is 6.07 Å². The molecular weight excluding hydrogens is 404 g/mol. The number of hydrogen-bond acceptors (Lipinski definition) is 6. The molecule has 0 radical (unpaired) electrons. The van der Waals surface area contributed by atoms with E-state index in [1.807, 2.05) is 18.4 Å². The monoisotopic (exact) mass is 434 g/mol. The number of carbonyl (C=O) groups excluding carboxylic acids is 1. The molecule has 0 N–H and O–H groups in total. The fraction of sp³-hybridized carbons (Fsp3) is 0.542. The lowest BCUT2D eigenvalue weighted by Crippen LogP contribution is -2.37. The number of carbonyl (C=O) groups is 1. The molecule has 1 aliphatic carbocycles. The fourth-order valence-electron chi connectivity index (χ4n) is 5.09. The highest BCUT2D eigenvalue weighted by Gasteiger charge is 2.38. The van der Waals surface area contributed by atoms with Crippen LogP contribution in [0.1, 0.15) is 66.5 Å². The van der Waals surface area contributed by atoms with E-state index in [0.717, 1.165) is 66.9 Å². The molecule has 168 valence electrons. The van der Waals surface area contributed by atoms with E-state index >= 15 is 0 Å². The molecule has 5 rings (SSSR count). The Labute approximate surface area is 188 Å². The maximum Gasteiger partial charge on any atom is 0.249 e. The Balaban J connectivity index is 1.21. The maximum atomic E-state index is 13.2. The minimum Gasteiger partial charge on any atom is -0.272 e. The third kappa shape index (κ3) is 4.11. The number of hydroxylamine groups is 2. The van der Waals surface area contributed by atoms with Gasteiger partial charge in [-0.25, -0.2) is 14.6 Å². The van der Waals surface area contributed by atoms with E-state index in [9.17, 15) is 4.79 Å². The normalized spacial score (nSPS) is 23.7. The average Bonchev–Trinajstić information content (AvgIpc) is 3.41. The SMILES string of the molecule is Cc1cnc([C@@H]2CCON2C(=O)C2CCC(Cc3cc(C)c4nc(C)nn4c3)CC2)cn1. The van der Waals surface area contributed by atoms with Crippen molar-refractivity contribution >= 4 is 11.6 Å². The zero-order valence-corrected chi connectivity index (χ0v) is 19.0. The zero-order valence-electron chi connectivity index (χ0n) is 19.0. The van der Waals surface area contributed by atoms with Crippen LogP contribution in [0.2, 0.25) is 0 Å². The summed E-state index contributed by atoms with van der Waals surface area (Å²) in [6, 6.07) is 2.10. The molecule has 0 unspecified atom stereocenters. The van der Waals surface area contributed by atoms with Gasteiger partial charge in [-0.3, -0.25) is 19.6 Å². The fourth-order valence-corrected chi connectivity index (χ4v) is 5.09. The summed E-state index contributed by atoms with van der Waals surface area (Å²) in [4.78, 5) is 32.3. The topological polar surface area (TPSA) is 85.5 Å². The van der Waals surface area contributed by atoms with Crippen LogP contribution in [0, 0.1) is 32.6 Å². The third-order valence-corrected chi connectivity index (χ3v) is 6.76. The van der Waals surface area contributed by atoms with Gasteiger partial charge in [0.25, 0.3) is 0 Å². The summed E-state index contributed by atoms with van der Waals surface area (Å²) < 4.78 is 1.90. The van der Waals surface area contributed by atoms with Crippen molar-refractivity contribution in [2.75, 3.05) is 6.61 Å². The summed E-state index contributed by atoms with van der Waals surface area (Å²) in [5.41, 5.74) is 5.05. The highest BCUT2D eigenvalue weighted by molar-refractivity contribution is 5.78. The van der Waals surface area contributed by atoms with Gasteiger partial charge >= 0.3 is 0 Å². The quantitative estimate of drug-likeness (QED) is 0.622. The van der Waals surface area contributed by atoms with Crippen molar-refractivity contribution in [1.29, 1.82) is 0 Å². The standard InChI is InChI=1S/C24H30N6O2/c1-15-10-19(14-29-23(15)27-17(3)28-29)11-18-4-6-20(7-5-18)24(31)30-22(8-9-32-30)21-13-25-16(2)12-26-21/h10,12-14,18,20,22H,4-9,11H2,1-3H3/t18?,20?,22-/m0/s1. The van der Waals surface area contributed by atoms with Gasteiger partial charge in [0.1, 0.15) is 11.9 Å². The van der Waals surface area contributed by atoms with Crippen LogP contribution in [0.3, 0.4) is 0 Å². The summed E-state index contributed by atoms with van der Waals surface area (Å²) in [6.45, 7) is 6.47. The zero-order chi connectivity index (χ0) is 22.2. The van der Waals surface area contributed by atoms with Crippen molar-refractivity contribution in [3.05, 3.63) is 53.0 Å². The molecule has 3 aromatic rings. The lowest BCUT2D eigenvalue weighted by Gasteiger charge is -2.31. The highest BCUT2D eigenvalue weighted by Crippen LogP contribution is 2.36. The number of aromatic nitrogens is 5. The third-order valence-electron chi connectivity index (χ3n) is 6.76. The predicted molar refractivity (Wildman–Crippen MR) is 119 cm³/mol. The van der Waals surface area contributed by atoms with E-state index in [1.54, 1.807) is 17.5 Å². The Hall–Kier alpha value is -2.87. The van der Waals surface area contributed by atoms with Gasteiger partial charge < -0.3 is 0 Å². The largest absolute Gasteiger partial charge is 0.272 e. The van der Waals surface area contributed by atoms with E-state index in [4.69, 9.17) is 4.84 Å². The molecule has 8 nitrogen and oxygen atoms in total. The summed E-state index contributed by atoms with van der Waals surface area (Å²) in [5.74, 6) is 1.50. The molecule has 1 saturated heterocycles. The molecule has 8 heteroatoms. The van der Waals surface area contributed by atoms with Crippen LogP contribution < -0.4 is 0 Å². The molecule has 3 aromatic heterocycles. The predicted octanol–water partition coefficient (Wildman–Crippen LogP) is 3.70. The smallest absolute Gasteiger partial charge is 0.249 e. The summed E-state index contributed by atoms with van der Waals surface area (Å²) >= 11 is 0. The van der Waals surface area contributed by atoms with Crippen LogP contribution in [0.25, 0.3) is 5.65 Å². The molecule has 1 atom stereocenters. The Morgan fingerprint density at radius 2 is 1.91 bits per heavy atom. The van der Waals surface area contributed by atoms with Crippen LogP contribution in [0.15, 0.2) is 24.7 Å². The van der Waals surface area contributed by atoms with Crippen molar-refractivity contribution < 1.29 is 9.63 Å². The molecule has 0 aromatic carbocycles. The van der Waals surface area contributed by atoms with Crippen LogP contribution in [0.4, 0.5) is 0 Å². The van der Waals surface area contributed by atoms with E-state index in [1.165, 1.54) is 5.56 Å². The second-order valence-corrected chi connectivity index (χ2v) is 9.26. The molecule has 1 saturated carbocycles. The van der Waals surface area contributed by atoms with Crippen LogP contribution in [-0.4, -0.2) is 42.1 Å². The van der Waals surface area contributed by atoms with Crippen LogP contribution in [-0.2, 0) is 16.1 Å². The summed E-state index contributed by atoms with van der Waals surface area (Å²) in [6.07, 6.45) is 11.3. The Morgan fingerprint density at radius 1 is 1.09 bits per heavy atom. The average molecular weight is 435 g/mol. The number of fused-ring (bicyclic) bond motifs is 1. The van der Waals surface area contributed by atoms with Gasteiger partial charge in [-0.2, -0.15) is 5.10 Å². The molecule has 32 heavy (non-hydrogen) atoms. The van der Waals surface area contributed by atoms with Gasteiger partial charge in [0.15, 0.2) is 5.65 Å². The Kier molecular flexibility index (Phi) is 5.63. The van der Waals surface area contributed by atoms with E-state index in [-0.39, 0.29) is 17.9 Å². The number of aryl methyl sites for hydroxylation is 3. The maximum absolute atomic E-state index is 13.2. The number of rotatable bonds is 4. The van der Waals surface area contributed by atoms with Crippen LogP contribution >= 0.6 is 0 Å². The molecule has 1 aliphatic heterocycles. The van der Waals surface area contributed by atoms with Crippen molar-refractivity contribution in [1.82, 2.24) is 29.6 Å². The number of pyridine rings is 1. The van der Waals surface area contributed by atoms with Crippen molar-refractivity contribution in [2.45, 2.75) is 65.3 Å². The Bertz CT molecular complexity index is 1120. The van der Waals surface area contributed by atoms with Crippen LogP contribution in [0.5, 0.6) is 0 Å². The highest BCUT2D eigenvalue weighted by atomic mass is 16.7. The second kappa shape index (κ2) is 8.58. The Morgan fingerprint density at radius 3 is 2.66 bits per heavy atom. The van der Waals surface area contributed by atoms with Gasteiger partial charge in [0.2, 0.25) is 5.91 Å². The first-order valence-electron chi connectivity index (χ1n) is 11.5. The van der Waals surface area contributed by atoms with E-state index in [2.05, 4.69) is 39.2 Å². The first-order valence-corrected chi connectivity index (χ1v) is 11.5. The lowest BCUT2D eigenvalue weighted by atomic mass is 9.79. The minimum absolute atomic E-state index is 0.0208. The van der Waals surface area contributed by atoms with Crippen molar-refractivity contribution in [3.8, 4) is 0 Å². The summed E-state index contributed by atoms with van der Waals surface area (Å²) in [5, 5.41) is 6.05. The van der Waals surface area contributed by atoms with E-state index < -0.39 is 0 Å². The summed E-state index contributed by atoms with van der Waals surface area (Å²) in [7, 11) is 0. The first kappa shape index (κ1) is 21.0. The molecule has 1 amide bonds. The molecule has 2 fully saturated rings. The minimum atomic E-state index is -0.130. The molecule has 0 spiro atoms. The van der Waals surface area contributed by atoms with Crippen molar-refractivity contribution in [2.24, 2.45) is 11.8 Å². The molecule has 0 bridgehead atoms. The second-order valence-electron chi connectivity index (χ2n) is 9.26. The number of hydrogen-bond donors (Lipinski definition) is 0. The van der Waals surface area contributed by atoms with Gasteiger partial charge in [0.05, 0.1) is 24.2 Å². The molecular formula is C24H30N6O2. The first-order chi connectivity index (χ1) is 15.5. The van der Waals surface area contributed by atoms with E-state index in [0.29, 0.717) is 12.5 Å². The number of nitrogens with zero attached hydrogens (tertiary/aromatic N) is 6. The molecule has 4 heterocycles. The van der Waals surface area contributed by atoms with Gasteiger partial charge in [-0.15, -0.1) is 0 Å². The molecule has 2 aliphatic rings. The van der Waals surface area contributed by atoms with Gasteiger partial charge in [0, 0.05) is 24.7 Å². The number of amides is 1.